The molecule has 1 aromatic rings. The lowest BCUT2D eigenvalue weighted by atomic mass is 9.96. The van der Waals surface area contributed by atoms with E-state index < -0.39 is 0 Å². The molecule has 1 aromatic carbocycles. The summed E-state index contributed by atoms with van der Waals surface area (Å²) in [7, 11) is 0. The van der Waals surface area contributed by atoms with E-state index in [-0.39, 0.29) is 0 Å². The molecule has 0 aliphatic heterocycles. The lowest BCUT2D eigenvalue weighted by molar-refractivity contribution is 0.836. The van der Waals surface area contributed by atoms with E-state index in [2.05, 4.69) is 39.5 Å². The van der Waals surface area contributed by atoms with Gasteiger partial charge in [-0.1, -0.05) is 23.8 Å². The third-order valence-corrected chi connectivity index (χ3v) is 2.77. The molecule has 0 bridgehead atoms. The number of rotatable bonds is 4. The van der Waals surface area contributed by atoms with E-state index in [1.54, 1.807) is 0 Å². The Labute approximate surface area is 87.7 Å². The number of benzene rings is 1. The normalized spacial score (nSPS) is 10.2. The van der Waals surface area contributed by atoms with Crippen molar-refractivity contribution in [2.75, 3.05) is 0 Å². The van der Waals surface area contributed by atoms with E-state index in [1.807, 2.05) is 6.08 Å². The van der Waals surface area contributed by atoms with Crippen molar-refractivity contribution < 1.29 is 0 Å². The Morgan fingerprint density at radius 1 is 1.21 bits per heavy atom. The highest BCUT2D eigenvalue weighted by Crippen LogP contribution is 2.17. The average Bonchev–Trinajstić information content (AvgIpc) is 2.13. The van der Waals surface area contributed by atoms with Crippen LogP contribution in [0, 0.1) is 20.8 Å². The molecule has 0 aliphatic rings. The van der Waals surface area contributed by atoms with Gasteiger partial charge in [-0.05, 0) is 56.7 Å². The van der Waals surface area contributed by atoms with Gasteiger partial charge in [-0.25, -0.2) is 0 Å². The van der Waals surface area contributed by atoms with Gasteiger partial charge in [-0.2, -0.15) is 0 Å². The van der Waals surface area contributed by atoms with Crippen LogP contribution in [0.1, 0.15) is 35.1 Å². The number of aryl methyl sites for hydroxylation is 3. The predicted molar refractivity (Wildman–Crippen MR) is 63.8 cm³/mol. The molecular weight excluding hydrogens is 168 g/mol. The topological polar surface area (TPSA) is 0 Å². The van der Waals surface area contributed by atoms with Gasteiger partial charge in [0, 0.05) is 0 Å². The monoisotopic (exact) mass is 188 g/mol. The molecule has 0 atom stereocenters. The molecule has 0 heteroatoms. The first-order chi connectivity index (χ1) is 6.65. The van der Waals surface area contributed by atoms with Gasteiger partial charge < -0.3 is 0 Å². The minimum absolute atomic E-state index is 1.12. The van der Waals surface area contributed by atoms with E-state index in [9.17, 15) is 0 Å². The summed E-state index contributed by atoms with van der Waals surface area (Å²) >= 11 is 0. The van der Waals surface area contributed by atoms with Crippen LogP contribution in [0.5, 0.6) is 0 Å². The van der Waals surface area contributed by atoms with Gasteiger partial charge in [0.2, 0.25) is 0 Å². The molecule has 0 aliphatic carbocycles. The van der Waals surface area contributed by atoms with Crippen molar-refractivity contribution in [3.63, 3.8) is 0 Å². The minimum atomic E-state index is 1.12. The fraction of sp³-hybridized carbons (Fsp3) is 0.429. The zero-order chi connectivity index (χ0) is 10.6. The number of hydrogen-bond acceptors (Lipinski definition) is 0. The van der Waals surface area contributed by atoms with Crippen molar-refractivity contribution >= 4 is 0 Å². The first-order valence-electron chi connectivity index (χ1n) is 5.32. The molecule has 0 unspecified atom stereocenters. The van der Waals surface area contributed by atoms with Crippen LogP contribution < -0.4 is 0 Å². The minimum Gasteiger partial charge on any atom is -0.103 e. The van der Waals surface area contributed by atoms with Crippen molar-refractivity contribution in [3.05, 3.63) is 47.0 Å². The summed E-state index contributed by atoms with van der Waals surface area (Å²) in [5.74, 6) is 0. The second-order valence-corrected chi connectivity index (χ2v) is 4.05. The van der Waals surface area contributed by atoms with E-state index in [1.165, 1.54) is 35.1 Å². The Balaban J connectivity index is 2.79. The molecule has 0 saturated carbocycles. The predicted octanol–water partition coefficient (Wildman–Crippen LogP) is 4.12. The second-order valence-electron chi connectivity index (χ2n) is 4.05. The molecule has 0 nitrogen and oxygen atoms in total. The highest BCUT2D eigenvalue weighted by atomic mass is 14.1. The molecule has 0 radical (unpaired) electrons. The maximum Gasteiger partial charge on any atom is -0.0273 e. The van der Waals surface area contributed by atoms with Gasteiger partial charge in [-0.15, -0.1) is 6.58 Å². The van der Waals surface area contributed by atoms with Crippen molar-refractivity contribution in [2.45, 2.75) is 40.0 Å². The number of allylic oxidation sites excluding steroid dienone is 1. The van der Waals surface area contributed by atoms with E-state index in [0.717, 1.165) is 6.42 Å². The molecule has 0 fully saturated rings. The zero-order valence-electron chi connectivity index (χ0n) is 9.56. The summed E-state index contributed by atoms with van der Waals surface area (Å²) < 4.78 is 0. The fourth-order valence-electron chi connectivity index (χ4n) is 1.82. The highest BCUT2D eigenvalue weighted by Gasteiger charge is 2.01. The molecular formula is C14H20. The number of hydrogen-bond donors (Lipinski definition) is 0. The summed E-state index contributed by atoms with van der Waals surface area (Å²) in [5, 5.41) is 0. The molecule has 1 rings (SSSR count). The Kier molecular flexibility index (Phi) is 3.94. The first-order valence-corrected chi connectivity index (χ1v) is 5.32. The average molecular weight is 188 g/mol. The molecule has 14 heavy (non-hydrogen) atoms. The van der Waals surface area contributed by atoms with E-state index in [4.69, 9.17) is 0 Å². The number of unbranched alkanes of at least 4 members (excludes halogenated alkanes) is 1. The lowest BCUT2D eigenvalue weighted by Crippen LogP contribution is -1.94. The van der Waals surface area contributed by atoms with Gasteiger partial charge in [0.25, 0.3) is 0 Å². The highest BCUT2D eigenvalue weighted by molar-refractivity contribution is 5.37. The van der Waals surface area contributed by atoms with Crippen molar-refractivity contribution in [1.82, 2.24) is 0 Å². The molecule has 0 amide bonds. The SMILES string of the molecule is C=CCCCc1cc(C)cc(C)c1C. The Bertz CT molecular complexity index is 321. The third kappa shape index (κ3) is 2.73. The lowest BCUT2D eigenvalue weighted by Gasteiger charge is -2.09. The molecule has 76 valence electrons. The zero-order valence-corrected chi connectivity index (χ0v) is 9.56. The Hall–Kier alpha value is -1.04. The second kappa shape index (κ2) is 4.99. The molecule has 0 N–H and O–H groups in total. The van der Waals surface area contributed by atoms with E-state index >= 15 is 0 Å². The molecule has 0 spiro atoms. The van der Waals surface area contributed by atoms with Crippen LogP contribution >= 0.6 is 0 Å². The van der Waals surface area contributed by atoms with Gasteiger partial charge in [-0.3, -0.25) is 0 Å². The molecule has 0 aromatic heterocycles. The third-order valence-electron chi connectivity index (χ3n) is 2.77. The van der Waals surface area contributed by atoms with Crippen LogP contribution in [0.2, 0.25) is 0 Å². The van der Waals surface area contributed by atoms with E-state index in [0.29, 0.717) is 0 Å². The standard InChI is InChI=1S/C14H20/c1-5-6-7-8-14-10-11(2)9-12(3)13(14)4/h5,9-10H,1,6-8H2,2-4H3. The van der Waals surface area contributed by atoms with Gasteiger partial charge in [0.1, 0.15) is 0 Å². The smallest absolute Gasteiger partial charge is 0.0273 e. The van der Waals surface area contributed by atoms with Crippen LogP contribution in [0.15, 0.2) is 24.8 Å². The maximum atomic E-state index is 3.75. The van der Waals surface area contributed by atoms with Crippen molar-refractivity contribution in [3.8, 4) is 0 Å². The quantitative estimate of drug-likeness (QED) is 0.492. The maximum absolute atomic E-state index is 3.75. The van der Waals surface area contributed by atoms with Crippen LogP contribution in [0.25, 0.3) is 0 Å². The van der Waals surface area contributed by atoms with Gasteiger partial charge in [0.05, 0.1) is 0 Å². The van der Waals surface area contributed by atoms with Crippen molar-refractivity contribution in [1.29, 1.82) is 0 Å². The summed E-state index contributed by atoms with van der Waals surface area (Å²) in [4.78, 5) is 0. The van der Waals surface area contributed by atoms with Crippen LogP contribution in [0.3, 0.4) is 0 Å². The van der Waals surface area contributed by atoms with Gasteiger partial charge in [0.15, 0.2) is 0 Å². The van der Waals surface area contributed by atoms with Crippen LogP contribution in [-0.2, 0) is 6.42 Å². The Morgan fingerprint density at radius 3 is 2.57 bits per heavy atom. The summed E-state index contributed by atoms with van der Waals surface area (Å²) in [6.07, 6.45) is 5.51. The Morgan fingerprint density at radius 2 is 1.93 bits per heavy atom. The first kappa shape index (κ1) is 11.0. The van der Waals surface area contributed by atoms with Crippen LogP contribution in [0.4, 0.5) is 0 Å². The van der Waals surface area contributed by atoms with Gasteiger partial charge >= 0.3 is 0 Å². The molecule has 0 heterocycles. The molecule has 0 saturated heterocycles. The van der Waals surface area contributed by atoms with Crippen molar-refractivity contribution in [2.24, 2.45) is 0 Å². The summed E-state index contributed by atoms with van der Waals surface area (Å²) in [6, 6.07) is 4.57. The van der Waals surface area contributed by atoms with Crippen LogP contribution in [-0.4, -0.2) is 0 Å². The largest absolute Gasteiger partial charge is 0.103 e. The summed E-state index contributed by atoms with van der Waals surface area (Å²) in [6.45, 7) is 10.3. The fourth-order valence-corrected chi connectivity index (χ4v) is 1.82. The summed E-state index contributed by atoms with van der Waals surface area (Å²) in [5.41, 5.74) is 5.75.